The van der Waals surface area contributed by atoms with Crippen LogP contribution in [0.15, 0.2) is 28.5 Å². The molecule has 0 aliphatic carbocycles. The number of nitrogens with zero attached hydrogens (tertiary/aromatic N) is 1. The first-order valence-electron chi connectivity index (χ1n) is 4.88. The van der Waals surface area contributed by atoms with Crippen LogP contribution in [-0.2, 0) is 11.3 Å². The molecule has 0 saturated heterocycles. The van der Waals surface area contributed by atoms with Crippen LogP contribution < -0.4 is 5.56 Å². The van der Waals surface area contributed by atoms with E-state index in [0.29, 0.717) is 6.61 Å². The number of hydrogen-bond donors (Lipinski definition) is 0. The zero-order valence-corrected chi connectivity index (χ0v) is 9.42. The Morgan fingerprint density at radius 2 is 2.33 bits per heavy atom. The Hall–Kier alpha value is -1.13. The Bertz CT molecular complexity index is 501. The molecule has 0 unspecified atom stereocenters. The van der Waals surface area contributed by atoms with Gasteiger partial charge >= 0.3 is 0 Å². The average Bonchev–Trinajstić information content (AvgIpc) is 2.70. The third kappa shape index (κ3) is 2.11. The number of thiophene rings is 1. The number of rotatable bonds is 4. The summed E-state index contributed by atoms with van der Waals surface area (Å²) >= 11 is 1.60. The van der Waals surface area contributed by atoms with Crippen LogP contribution in [0.25, 0.3) is 10.1 Å². The molecule has 2 heterocycles. The molecule has 0 radical (unpaired) electrons. The normalized spacial score (nSPS) is 11.0. The van der Waals surface area contributed by atoms with Gasteiger partial charge in [0.1, 0.15) is 0 Å². The van der Waals surface area contributed by atoms with E-state index >= 15 is 0 Å². The number of hydrogen-bond acceptors (Lipinski definition) is 3. The van der Waals surface area contributed by atoms with Crippen molar-refractivity contribution in [2.45, 2.75) is 13.0 Å². The fourth-order valence-electron chi connectivity index (χ4n) is 1.56. The second-order valence-corrected chi connectivity index (χ2v) is 4.31. The molecule has 2 aromatic heterocycles. The van der Waals surface area contributed by atoms with Crippen molar-refractivity contribution in [2.24, 2.45) is 0 Å². The van der Waals surface area contributed by atoms with Gasteiger partial charge in [0.25, 0.3) is 5.56 Å². The predicted molar refractivity (Wildman–Crippen MR) is 62.6 cm³/mol. The Morgan fingerprint density at radius 1 is 1.47 bits per heavy atom. The molecule has 0 saturated carbocycles. The largest absolute Gasteiger partial charge is 0.385 e. The van der Waals surface area contributed by atoms with Crippen molar-refractivity contribution in [3.05, 3.63) is 34.1 Å². The highest BCUT2D eigenvalue weighted by Gasteiger charge is 2.02. The summed E-state index contributed by atoms with van der Waals surface area (Å²) in [5, 5.41) is 2.77. The molecule has 2 rings (SSSR count). The van der Waals surface area contributed by atoms with E-state index in [4.69, 9.17) is 4.74 Å². The van der Waals surface area contributed by atoms with Crippen LogP contribution >= 0.6 is 11.3 Å². The average molecular weight is 223 g/mol. The summed E-state index contributed by atoms with van der Waals surface area (Å²) in [6, 6.07) is 3.88. The van der Waals surface area contributed by atoms with Gasteiger partial charge in [0, 0.05) is 31.2 Å². The van der Waals surface area contributed by atoms with Crippen LogP contribution in [0.1, 0.15) is 6.42 Å². The van der Waals surface area contributed by atoms with Gasteiger partial charge in [0.15, 0.2) is 0 Å². The maximum absolute atomic E-state index is 11.9. The number of pyridine rings is 1. The summed E-state index contributed by atoms with van der Waals surface area (Å²) in [6.45, 7) is 1.41. The Labute approximate surface area is 91.9 Å². The van der Waals surface area contributed by atoms with Crippen LogP contribution in [-0.4, -0.2) is 18.3 Å². The third-order valence-corrected chi connectivity index (χ3v) is 3.22. The predicted octanol–water partition coefficient (Wildman–Crippen LogP) is 2.10. The molecule has 0 N–H and O–H groups in total. The summed E-state index contributed by atoms with van der Waals surface area (Å²) in [5.41, 5.74) is 0.102. The van der Waals surface area contributed by atoms with Crippen molar-refractivity contribution < 1.29 is 4.74 Å². The van der Waals surface area contributed by atoms with Crippen molar-refractivity contribution in [3.8, 4) is 0 Å². The third-order valence-electron chi connectivity index (χ3n) is 2.34. The molecule has 0 spiro atoms. The van der Waals surface area contributed by atoms with E-state index in [0.717, 1.165) is 23.1 Å². The van der Waals surface area contributed by atoms with Crippen LogP contribution in [0.5, 0.6) is 0 Å². The molecule has 2 aromatic rings. The quantitative estimate of drug-likeness (QED) is 0.743. The lowest BCUT2D eigenvalue weighted by Gasteiger charge is -2.04. The van der Waals surface area contributed by atoms with Crippen LogP contribution in [0, 0.1) is 0 Å². The van der Waals surface area contributed by atoms with Crippen molar-refractivity contribution in [2.75, 3.05) is 13.7 Å². The number of aryl methyl sites for hydroxylation is 1. The molecule has 4 heteroatoms. The summed E-state index contributed by atoms with van der Waals surface area (Å²) in [6.07, 6.45) is 2.73. The Balaban J connectivity index is 2.28. The Morgan fingerprint density at radius 3 is 3.13 bits per heavy atom. The molecule has 80 valence electrons. The monoisotopic (exact) mass is 223 g/mol. The summed E-state index contributed by atoms with van der Waals surface area (Å²) < 4.78 is 7.77. The number of methoxy groups -OCH3 is 1. The molecule has 0 amide bonds. The maximum atomic E-state index is 11.9. The van der Waals surface area contributed by atoms with Gasteiger partial charge in [0.2, 0.25) is 0 Å². The van der Waals surface area contributed by atoms with E-state index in [2.05, 4.69) is 0 Å². The molecule has 0 atom stereocenters. The summed E-state index contributed by atoms with van der Waals surface area (Å²) in [4.78, 5) is 11.9. The van der Waals surface area contributed by atoms with E-state index in [1.807, 2.05) is 23.7 Å². The molecule has 0 bridgehead atoms. The van der Waals surface area contributed by atoms with Gasteiger partial charge in [-0.15, -0.1) is 11.3 Å². The van der Waals surface area contributed by atoms with E-state index in [9.17, 15) is 4.79 Å². The van der Waals surface area contributed by atoms with Gasteiger partial charge < -0.3 is 9.30 Å². The van der Waals surface area contributed by atoms with Crippen molar-refractivity contribution in [1.82, 2.24) is 4.57 Å². The first-order valence-corrected chi connectivity index (χ1v) is 5.76. The molecule has 15 heavy (non-hydrogen) atoms. The highest BCUT2D eigenvalue weighted by Crippen LogP contribution is 2.16. The first-order chi connectivity index (χ1) is 7.33. The van der Waals surface area contributed by atoms with Crippen LogP contribution in [0.4, 0.5) is 0 Å². The zero-order valence-electron chi connectivity index (χ0n) is 8.60. The molecule has 0 aromatic carbocycles. The van der Waals surface area contributed by atoms with Crippen molar-refractivity contribution in [1.29, 1.82) is 0 Å². The Kier molecular flexibility index (Phi) is 3.18. The van der Waals surface area contributed by atoms with Crippen LogP contribution in [0.2, 0.25) is 0 Å². The molecule has 3 nitrogen and oxygen atoms in total. The lowest BCUT2D eigenvalue weighted by molar-refractivity contribution is 0.190. The minimum absolute atomic E-state index is 0.102. The SMILES string of the molecule is COCCCn1ccc2sccc2c1=O. The summed E-state index contributed by atoms with van der Waals surface area (Å²) in [5.74, 6) is 0. The molecular weight excluding hydrogens is 210 g/mol. The minimum atomic E-state index is 0.102. The fourth-order valence-corrected chi connectivity index (χ4v) is 2.33. The first kappa shape index (κ1) is 10.4. The second kappa shape index (κ2) is 4.59. The van der Waals surface area contributed by atoms with E-state index in [-0.39, 0.29) is 5.56 Å². The summed E-state index contributed by atoms with van der Waals surface area (Å²) in [7, 11) is 1.67. The minimum Gasteiger partial charge on any atom is -0.385 e. The molecular formula is C11H13NO2S. The highest BCUT2D eigenvalue weighted by molar-refractivity contribution is 7.17. The maximum Gasteiger partial charge on any atom is 0.259 e. The van der Waals surface area contributed by atoms with Gasteiger partial charge in [-0.3, -0.25) is 4.79 Å². The van der Waals surface area contributed by atoms with Gasteiger partial charge in [-0.25, -0.2) is 0 Å². The lowest BCUT2D eigenvalue weighted by Crippen LogP contribution is -2.19. The number of ether oxygens (including phenoxy) is 1. The second-order valence-electron chi connectivity index (χ2n) is 3.36. The van der Waals surface area contributed by atoms with E-state index in [1.54, 1.807) is 23.0 Å². The van der Waals surface area contributed by atoms with Gasteiger partial charge in [0.05, 0.1) is 5.39 Å². The lowest BCUT2D eigenvalue weighted by atomic mass is 10.3. The van der Waals surface area contributed by atoms with Gasteiger partial charge in [-0.2, -0.15) is 0 Å². The molecule has 0 aliphatic heterocycles. The highest BCUT2D eigenvalue weighted by atomic mass is 32.1. The van der Waals surface area contributed by atoms with Crippen molar-refractivity contribution in [3.63, 3.8) is 0 Å². The molecule has 0 aliphatic rings. The number of aromatic nitrogens is 1. The van der Waals surface area contributed by atoms with E-state index < -0.39 is 0 Å². The van der Waals surface area contributed by atoms with Gasteiger partial charge in [-0.1, -0.05) is 0 Å². The fraction of sp³-hybridized carbons (Fsp3) is 0.364. The zero-order chi connectivity index (χ0) is 10.7. The number of fused-ring (bicyclic) bond motifs is 1. The van der Waals surface area contributed by atoms with Crippen LogP contribution in [0.3, 0.4) is 0 Å². The topological polar surface area (TPSA) is 31.2 Å². The molecule has 0 fully saturated rings. The smallest absolute Gasteiger partial charge is 0.259 e. The van der Waals surface area contributed by atoms with Gasteiger partial charge in [-0.05, 0) is 23.9 Å². The van der Waals surface area contributed by atoms with E-state index in [1.165, 1.54) is 0 Å². The standard InChI is InChI=1S/C11H13NO2S/c1-14-7-2-5-12-6-3-10-9(11(12)13)4-8-15-10/h3-4,6,8H,2,5,7H2,1H3. The van der Waals surface area contributed by atoms with Crippen molar-refractivity contribution >= 4 is 21.4 Å².